The van der Waals surface area contributed by atoms with Crippen LogP contribution in [0.2, 0.25) is 0 Å². The summed E-state index contributed by atoms with van der Waals surface area (Å²) in [6.07, 6.45) is 5.07. The van der Waals surface area contributed by atoms with Gasteiger partial charge in [-0.3, -0.25) is 4.79 Å². The fraction of sp³-hybridized carbons (Fsp3) is 0.500. The van der Waals surface area contributed by atoms with E-state index in [2.05, 4.69) is 34.8 Å². The monoisotopic (exact) mass is 358 g/mol. The number of benzene rings is 1. The zero-order chi connectivity index (χ0) is 13.1. The Labute approximate surface area is 122 Å². The maximum Gasteiger partial charge on any atom is 0.251 e. The largest absolute Gasteiger partial charge is 0.398 e. The topological polar surface area (TPSA) is 55.1 Å². The van der Waals surface area contributed by atoms with Crippen molar-refractivity contribution in [3.63, 3.8) is 0 Å². The molecule has 1 saturated carbocycles. The number of nitrogens with one attached hydrogen (secondary N) is 1. The van der Waals surface area contributed by atoms with Crippen LogP contribution in [0.25, 0.3) is 0 Å². The minimum atomic E-state index is 0.00677. The second-order valence-corrected chi connectivity index (χ2v) is 6.21. The highest BCUT2D eigenvalue weighted by molar-refractivity contribution is 14.1. The molecule has 1 amide bonds. The predicted molar refractivity (Wildman–Crippen MR) is 82.5 cm³/mol. The van der Waals surface area contributed by atoms with Gasteiger partial charge in [0, 0.05) is 20.9 Å². The molecule has 98 valence electrons. The van der Waals surface area contributed by atoms with E-state index < -0.39 is 0 Å². The van der Waals surface area contributed by atoms with Gasteiger partial charge in [0.25, 0.3) is 5.91 Å². The van der Waals surface area contributed by atoms with Crippen LogP contribution in [0.5, 0.6) is 0 Å². The van der Waals surface area contributed by atoms with E-state index in [0.717, 1.165) is 9.26 Å². The zero-order valence-corrected chi connectivity index (χ0v) is 12.7. The molecule has 0 radical (unpaired) electrons. The van der Waals surface area contributed by atoms with Gasteiger partial charge >= 0.3 is 0 Å². The Morgan fingerprint density at radius 1 is 1.44 bits per heavy atom. The Hall–Kier alpha value is -0.780. The van der Waals surface area contributed by atoms with Crippen molar-refractivity contribution in [3.05, 3.63) is 27.3 Å². The van der Waals surface area contributed by atoms with Crippen LogP contribution in [0.4, 0.5) is 5.69 Å². The zero-order valence-electron chi connectivity index (χ0n) is 10.6. The number of carbonyl (C=O) groups is 1. The summed E-state index contributed by atoms with van der Waals surface area (Å²) >= 11 is 2.15. The SMILES string of the molecule is CC(NC(=O)c1ccc(N)c(I)c1)C1CCCC1. The highest BCUT2D eigenvalue weighted by Crippen LogP contribution is 2.27. The van der Waals surface area contributed by atoms with Gasteiger partial charge in [-0.25, -0.2) is 0 Å². The lowest BCUT2D eigenvalue weighted by Gasteiger charge is -2.20. The normalized spacial score (nSPS) is 17.7. The smallest absolute Gasteiger partial charge is 0.251 e. The average Bonchev–Trinajstić information content (AvgIpc) is 2.86. The fourth-order valence-electron chi connectivity index (χ4n) is 2.53. The summed E-state index contributed by atoms with van der Waals surface area (Å²) in [6.45, 7) is 2.11. The molecular formula is C14H19IN2O. The summed E-state index contributed by atoms with van der Waals surface area (Å²) in [6, 6.07) is 5.67. The molecule has 1 aromatic carbocycles. The molecule has 1 atom stereocenters. The summed E-state index contributed by atoms with van der Waals surface area (Å²) in [7, 11) is 0. The van der Waals surface area contributed by atoms with Crippen molar-refractivity contribution in [2.45, 2.75) is 38.6 Å². The Balaban J connectivity index is 2.00. The van der Waals surface area contributed by atoms with Gasteiger partial charge in [-0.15, -0.1) is 0 Å². The van der Waals surface area contributed by atoms with Crippen LogP contribution in [0.3, 0.4) is 0 Å². The molecule has 0 bridgehead atoms. The van der Waals surface area contributed by atoms with Gasteiger partial charge in [-0.1, -0.05) is 12.8 Å². The van der Waals surface area contributed by atoms with E-state index in [9.17, 15) is 4.79 Å². The van der Waals surface area contributed by atoms with E-state index >= 15 is 0 Å². The molecule has 2 rings (SSSR count). The van der Waals surface area contributed by atoms with Crippen molar-refractivity contribution >= 4 is 34.2 Å². The van der Waals surface area contributed by atoms with Crippen LogP contribution in [-0.2, 0) is 0 Å². The number of amides is 1. The van der Waals surface area contributed by atoms with E-state index in [-0.39, 0.29) is 11.9 Å². The minimum Gasteiger partial charge on any atom is -0.398 e. The Kier molecular flexibility index (Phi) is 4.48. The van der Waals surface area contributed by atoms with Gasteiger partial charge in [-0.05, 0) is 66.5 Å². The van der Waals surface area contributed by atoms with Crippen LogP contribution in [0.1, 0.15) is 43.0 Å². The van der Waals surface area contributed by atoms with Crippen LogP contribution >= 0.6 is 22.6 Å². The molecule has 0 saturated heterocycles. The Bertz CT molecular complexity index is 441. The van der Waals surface area contributed by atoms with Crippen molar-refractivity contribution in [1.29, 1.82) is 0 Å². The number of halogens is 1. The summed E-state index contributed by atoms with van der Waals surface area (Å²) in [4.78, 5) is 12.1. The number of anilines is 1. The third-order valence-electron chi connectivity index (χ3n) is 3.73. The number of hydrogen-bond acceptors (Lipinski definition) is 2. The summed E-state index contributed by atoms with van der Waals surface area (Å²) in [5.74, 6) is 0.647. The molecule has 18 heavy (non-hydrogen) atoms. The maximum absolute atomic E-state index is 12.1. The molecule has 0 spiro atoms. The lowest BCUT2D eigenvalue weighted by Crippen LogP contribution is -2.37. The molecular weight excluding hydrogens is 339 g/mol. The van der Waals surface area contributed by atoms with E-state index in [4.69, 9.17) is 5.73 Å². The molecule has 1 aliphatic rings. The number of hydrogen-bond donors (Lipinski definition) is 2. The van der Waals surface area contributed by atoms with Gasteiger partial charge in [-0.2, -0.15) is 0 Å². The number of nitrogens with two attached hydrogens (primary N) is 1. The molecule has 3 N–H and O–H groups in total. The van der Waals surface area contributed by atoms with E-state index in [1.54, 1.807) is 12.1 Å². The molecule has 0 aliphatic heterocycles. The van der Waals surface area contributed by atoms with Crippen LogP contribution in [-0.4, -0.2) is 11.9 Å². The molecule has 1 aromatic rings. The second-order valence-electron chi connectivity index (χ2n) is 5.04. The van der Waals surface area contributed by atoms with Gasteiger partial charge in [0.15, 0.2) is 0 Å². The Morgan fingerprint density at radius 2 is 2.11 bits per heavy atom. The third-order valence-corrected chi connectivity index (χ3v) is 4.66. The minimum absolute atomic E-state index is 0.00677. The van der Waals surface area contributed by atoms with Crippen LogP contribution in [0.15, 0.2) is 18.2 Å². The molecule has 1 unspecified atom stereocenters. The van der Waals surface area contributed by atoms with E-state index in [1.807, 2.05) is 6.07 Å². The molecule has 1 aliphatic carbocycles. The van der Waals surface area contributed by atoms with Gasteiger partial charge in [0.1, 0.15) is 0 Å². The van der Waals surface area contributed by atoms with Crippen LogP contribution in [0, 0.1) is 9.49 Å². The molecule has 3 nitrogen and oxygen atoms in total. The summed E-state index contributed by atoms with van der Waals surface area (Å²) < 4.78 is 0.925. The van der Waals surface area contributed by atoms with Gasteiger partial charge < -0.3 is 11.1 Å². The van der Waals surface area contributed by atoms with Crippen molar-refractivity contribution in [2.75, 3.05) is 5.73 Å². The number of rotatable bonds is 3. The first kappa shape index (κ1) is 13.6. The highest BCUT2D eigenvalue weighted by atomic mass is 127. The van der Waals surface area contributed by atoms with Crippen molar-refractivity contribution < 1.29 is 4.79 Å². The lowest BCUT2D eigenvalue weighted by molar-refractivity contribution is 0.0927. The molecule has 0 aromatic heterocycles. The fourth-order valence-corrected chi connectivity index (χ4v) is 3.05. The van der Waals surface area contributed by atoms with Crippen LogP contribution < -0.4 is 11.1 Å². The maximum atomic E-state index is 12.1. The van der Waals surface area contributed by atoms with Crippen molar-refractivity contribution in [3.8, 4) is 0 Å². The van der Waals surface area contributed by atoms with Gasteiger partial charge in [0.05, 0.1) is 0 Å². The number of nitrogen functional groups attached to an aromatic ring is 1. The predicted octanol–water partition coefficient (Wildman–Crippen LogP) is 3.18. The quantitative estimate of drug-likeness (QED) is 0.644. The summed E-state index contributed by atoms with van der Waals surface area (Å²) in [5.41, 5.74) is 7.16. The number of carbonyl (C=O) groups excluding carboxylic acids is 1. The first-order valence-corrected chi connectivity index (χ1v) is 7.51. The summed E-state index contributed by atoms with van der Waals surface area (Å²) in [5, 5.41) is 3.10. The highest BCUT2D eigenvalue weighted by Gasteiger charge is 2.23. The lowest BCUT2D eigenvalue weighted by atomic mass is 9.99. The first-order chi connectivity index (χ1) is 8.58. The van der Waals surface area contributed by atoms with Crippen molar-refractivity contribution in [2.24, 2.45) is 5.92 Å². The van der Waals surface area contributed by atoms with E-state index in [1.165, 1.54) is 25.7 Å². The average molecular weight is 358 g/mol. The molecule has 1 fully saturated rings. The Morgan fingerprint density at radius 3 is 2.72 bits per heavy atom. The second kappa shape index (κ2) is 5.91. The van der Waals surface area contributed by atoms with Crippen molar-refractivity contribution in [1.82, 2.24) is 5.32 Å². The molecule has 4 heteroatoms. The molecule has 0 heterocycles. The first-order valence-electron chi connectivity index (χ1n) is 6.44. The van der Waals surface area contributed by atoms with Gasteiger partial charge in [0.2, 0.25) is 0 Å². The third kappa shape index (κ3) is 3.16. The standard InChI is InChI=1S/C14H19IN2O/c1-9(10-4-2-3-5-10)17-14(18)11-6-7-13(16)12(15)8-11/h6-10H,2-5,16H2,1H3,(H,17,18). The van der Waals surface area contributed by atoms with E-state index in [0.29, 0.717) is 11.5 Å².